The summed E-state index contributed by atoms with van der Waals surface area (Å²) >= 11 is 1.03. The number of aromatic nitrogens is 2. The van der Waals surface area contributed by atoms with Gasteiger partial charge in [0.1, 0.15) is 25.3 Å². The lowest BCUT2D eigenvalue weighted by Gasteiger charge is -2.45. The first-order valence-corrected chi connectivity index (χ1v) is 14.5. The molecule has 3 heterocycles. The minimum Gasteiger partial charge on any atom is -0.383 e. The van der Waals surface area contributed by atoms with Gasteiger partial charge in [0, 0.05) is 65.5 Å². The van der Waals surface area contributed by atoms with Crippen molar-refractivity contribution in [2.45, 2.75) is 43.0 Å². The standard InChI is InChI=1S/C28H24B3F5N4O3S/c1-12-8-38(9-13(2)39(12)26(41)21(29)24(30)31)25-17-7-18(28(34,35)36)20(16-5-4-14(32)6-19(16)33)23-22(17)40(27(42)37-25)15(10-43-3)11-44-23/h4-7,12-13,15H,8-11H2,1-3H3. The van der Waals surface area contributed by atoms with E-state index >= 15 is 4.39 Å². The summed E-state index contributed by atoms with van der Waals surface area (Å²) in [5, 5.41) is -0.331. The zero-order valence-corrected chi connectivity index (χ0v) is 24.7. The molecule has 1 saturated heterocycles. The van der Waals surface area contributed by atoms with Gasteiger partial charge in [-0.05, 0) is 32.0 Å². The molecular weight excluding hydrogens is 600 g/mol. The van der Waals surface area contributed by atoms with Crippen LogP contribution >= 0.6 is 11.8 Å². The summed E-state index contributed by atoms with van der Waals surface area (Å²) in [6.07, 6.45) is -4.96. The number of anilines is 1. The van der Waals surface area contributed by atoms with Crippen LogP contribution in [0.3, 0.4) is 0 Å². The lowest BCUT2D eigenvalue weighted by atomic mass is 9.69. The lowest BCUT2D eigenvalue weighted by molar-refractivity contribution is -0.137. The Morgan fingerprint density at radius 3 is 2.34 bits per heavy atom. The molecule has 0 bridgehead atoms. The number of hydrogen-bond acceptors (Lipinski definition) is 6. The molecule has 3 aromatic rings. The first-order valence-electron chi connectivity index (χ1n) is 13.5. The number of nitrogens with zero attached hydrogens (tertiary/aromatic N) is 4. The Kier molecular flexibility index (Phi) is 8.71. The third-order valence-corrected chi connectivity index (χ3v) is 9.03. The fourth-order valence-electron chi connectivity index (χ4n) is 5.99. The highest BCUT2D eigenvalue weighted by Gasteiger charge is 2.41. The maximum atomic E-state index is 15.1. The number of rotatable bonds is 5. The van der Waals surface area contributed by atoms with Crippen LogP contribution in [0.4, 0.5) is 27.8 Å². The van der Waals surface area contributed by atoms with Crippen molar-refractivity contribution in [1.82, 2.24) is 14.5 Å². The summed E-state index contributed by atoms with van der Waals surface area (Å²) in [5.74, 6) is -2.60. The highest BCUT2D eigenvalue weighted by Crippen LogP contribution is 2.50. The van der Waals surface area contributed by atoms with Gasteiger partial charge in [-0.1, -0.05) is 5.47 Å². The maximum absolute atomic E-state index is 15.1. The number of alkyl halides is 3. The molecule has 2 aromatic carbocycles. The fourth-order valence-corrected chi connectivity index (χ4v) is 7.30. The number of piperazine rings is 1. The number of thioether (sulfide) groups is 1. The third kappa shape index (κ3) is 5.55. The molecule has 0 N–H and O–H groups in total. The number of carbonyl (C=O) groups excluding carboxylic acids is 1. The van der Waals surface area contributed by atoms with E-state index in [9.17, 15) is 27.2 Å². The highest BCUT2D eigenvalue weighted by molar-refractivity contribution is 7.99. The minimum atomic E-state index is -4.96. The zero-order chi connectivity index (χ0) is 32.2. The van der Waals surface area contributed by atoms with E-state index in [0.29, 0.717) is 6.07 Å². The van der Waals surface area contributed by atoms with Gasteiger partial charge >= 0.3 is 11.9 Å². The van der Waals surface area contributed by atoms with Gasteiger partial charge in [-0.3, -0.25) is 9.36 Å². The molecule has 3 atom stereocenters. The summed E-state index contributed by atoms with van der Waals surface area (Å²) in [7, 11) is 18.2. The van der Waals surface area contributed by atoms with E-state index in [2.05, 4.69) is 4.98 Å². The Morgan fingerprint density at radius 2 is 1.77 bits per heavy atom. The number of hydrogen-bond donors (Lipinski definition) is 0. The van der Waals surface area contributed by atoms with Gasteiger partial charge in [0.25, 0.3) is 0 Å². The number of halogens is 5. The average Bonchev–Trinajstić information content (AvgIpc) is 2.93. The molecular formula is C28H24B3F5N4O3S. The summed E-state index contributed by atoms with van der Waals surface area (Å²) in [4.78, 5) is 34.0. The molecule has 3 unspecified atom stereocenters. The SMILES string of the molecule is [B]C([B])=C([B])C(=O)N1C(C)CN(c2nc(=O)n3c4c(c(-c5ccc(F)cc5F)c(C(F)(F)F)cc24)SCC3COC)CC1C. The molecule has 16 heteroatoms. The Bertz CT molecular complexity index is 1740. The first kappa shape index (κ1) is 32.1. The van der Waals surface area contributed by atoms with E-state index in [0.717, 1.165) is 30.0 Å². The van der Waals surface area contributed by atoms with Crippen molar-refractivity contribution in [2.75, 3.05) is 37.5 Å². The van der Waals surface area contributed by atoms with Crippen molar-refractivity contribution >= 4 is 57.9 Å². The van der Waals surface area contributed by atoms with Crippen molar-refractivity contribution in [1.29, 1.82) is 0 Å². The highest BCUT2D eigenvalue weighted by atomic mass is 32.2. The first-order chi connectivity index (χ1) is 20.6. The number of methoxy groups -OCH3 is 1. The molecule has 224 valence electrons. The van der Waals surface area contributed by atoms with Crippen LogP contribution in [0.25, 0.3) is 22.0 Å². The quantitative estimate of drug-likeness (QED) is 0.245. The Morgan fingerprint density at radius 1 is 1.11 bits per heavy atom. The van der Waals surface area contributed by atoms with Crippen LogP contribution in [0.2, 0.25) is 0 Å². The molecule has 44 heavy (non-hydrogen) atoms. The lowest BCUT2D eigenvalue weighted by Crippen LogP contribution is -2.59. The van der Waals surface area contributed by atoms with Gasteiger partial charge in [-0.25, -0.2) is 13.6 Å². The Labute approximate surface area is 258 Å². The number of ether oxygens (including phenoxy) is 1. The molecule has 0 aliphatic carbocycles. The van der Waals surface area contributed by atoms with Gasteiger partial charge in [-0.15, -0.1) is 11.8 Å². The summed E-state index contributed by atoms with van der Waals surface area (Å²) < 4.78 is 79.7. The van der Waals surface area contributed by atoms with Crippen LogP contribution in [0.15, 0.2) is 44.8 Å². The molecule has 1 aromatic heterocycles. The number of carbonyl (C=O) groups is 1. The van der Waals surface area contributed by atoms with Gasteiger partial charge < -0.3 is 14.5 Å². The van der Waals surface area contributed by atoms with Crippen LogP contribution in [0, 0.1) is 11.6 Å². The average molecular weight is 624 g/mol. The van der Waals surface area contributed by atoms with Gasteiger partial charge in [0.05, 0.1) is 39.4 Å². The van der Waals surface area contributed by atoms with Crippen molar-refractivity contribution in [2.24, 2.45) is 0 Å². The summed E-state index contributed by atoms with van der Waals surface area (Å²) in [5.41, 5.74) is -3.04. The Balaban J connectivity index is 1.78. The second-order valence-electron chi connectivity index (χ2n) is 10.8. The van der Waals surface area contributed by atoms with E-state index < -0.39 is 64.2 Å². The van der Waals surface area contributed by atoms with Crippen molar-refractivity contribution in [3.8, 4) is 11.1 Å². The van der Waals surface area contributed by atoms with E-state index in [1.165, 1.54) is 16.6 Å². The second kappa shape index (κ2) is 11.9. The van der Waals surface area contributed by atoms with Gasteiger partial charge in [0.2, 0.25) is 5.91 Å². The van der Waals surface area contributed by atoms with E-state index in [4.69, 9.17) is 28.3 Å². The fraction of sp³-hybridized carbons (Fsp3) is 0.393. The molecule has 0 spiro atoms. The van der Waals surface area contributed by atoms with Crippen molar-refractivity contribution in [3.05, 3.63) is 62.8 Å². The molecule has 1 amide bonds. The van der Waals surface area contributed by atoms with Crippen LogP contribution in [-0.2, 0) is 15.7 Å². The smallest absolute Gasteiger partial charge is 0.383 e. The van der Waals surface area contributed by atoms with Gasteiger partial charge in [-0.2, -0.15) is 23.5 Å². The number of amides is 1. The summed E-state index contributed by atoms with van der Waals surface area (Å²) in [6, 6.07) is 1.54. The second-order valence-corrected chi connectivity index (χ2v) is 11.9. The molecule has 6 radical (unpaired) electrons. The Hall–Kier alpha value is -3.26. The normalized spacial score (nSPS) is 20.2. The monoisotopic (exact) mass is 624 g/mol. The molecule has 5 rings (SSSR count). The third-order valence-electron chi connectivity index (χ3n) is 7.79. The maximum Gasteiger partial charge on any atom is 0.417 e. The van der Waals surface area contributed by atoms with Crippen molar-refractivity contribution < 1.29 is 31.5 Å². The zero-order valence-electron chi connectivity index (χ0n) is 23.9. The minimum absolute atomic E-state index is 0.0105. The van der Waals surface area contributed by atoms with Crippen LogP contribution < -0.4 is 10.6 Å². The van der Waals surface area contributed by atoms with Crippen LogP contribution in [0.1, 0.15) is 25.5 Å². The topological polar surface area (TPSA) is 67.7 Å². The predicted molar refractivity (Wildman–Crippen MR) is 160 cm³/mol. The van der Waals surface area contributed by atoms with Gasteiger partial charge in [0.15, 0.2) is 0 Å². The van der Waals surface area contributed by atoms with E-state index in [1.807, 2.05) is 0 Å². The van der Waals surface area contributed by atoms with E-state index in [-0.39, 0.29) is 57.9 Å². The van der Waals surface area contributed by atoms with Crippen LogP contribution in [-0.4, -0.2) is 88.5 Å². The predicted octanol–water partition coefficient (Wildman–Crippen LogP) is 3.75. The number of benzene rings is 2. The largest absolute Gasteiger partial charge is 0.417 e. The van der Waals surface area contributed by atoms with E-state index in [1.54, 1.807) is 18.7 Å². The van der Waals surface area contributed by atoms with Crippen LogP contribution in [0.5, 0.6) is 0 Å². The molecule has 2 aliphatic heterocycles. The molecule has 7 nitrogen and oxygen atoms in total. The summed E-state index contributed by atoms with van der Waals surface area (Å²) in [6.45, 7) is 3.65. The van der Waals surface area contributed by atoms with Crippen molar-refractivity contribution in [3.63, 3.8) is 0 Å². The molecule has 2 aliphatic rings. The molecule has 0 saturated carbocycles. The molecule has 1 fully saturated rings.